The molecule has 0 bridgehead atoms. The fourth-order valence-corrected chi connectivity index (χ4v) is 3.10. The van der Waals surface area contributed by atoms with Gasteiger partial charge in [-0.3, -0.25) is 14.9 Å². The summed E-state index contributed by atoms with van der Waals surface area (Å²) in [5.74, 6) is -1.21. The summed E-state index contributed by atoms with van der Waals surface area (Å²) in [6.07, 6.45) is 0. The summed E-state index contributed by atoms with van der Waals surface area (Å²) in [5.41, 5.74) is 0.605. The molecule has 1 aromatic carbocycles. The number of rotatable bonds is 4. The molecule has 0 unspecified atom stereocenters. The van der Waals surface area contributed by atoms with E-state index in [0.717, 1.165) is 4.88 Å². The number of nitro groups is 1. The van der Waals surface area contributed by atoms with Crippen LogP contribution in [0.5, 0.6) is 0 Å². The average molecular weight is 334 g/mol. The summed E-state index contributed by atoms with van der Waals surface area (Å²) in [7, 11) is 1.25. The van der Waals surface area contributed by atoms with Crippen LogP contribution in [0.3, 0.4) is 0 Å². The Morgan fingerprint density at radius 3 is 2.52 bits per heavy atom. The van der Waals surface area contributed by atoms with Gasteiger partial charge < -0.3 is 10.1 Å². The van der Waals surface area contributed by atoms with Crippen LogP contribution < -0.4 is 5.32 Å². The molecule has 0 atom stereocenters. The van der Waals surface area contributed by atoms with Gasteiger partial charge in [0.1, 0.15) is 10.6 Å². The van der Waals surface area contributed by atoms with Crippen molar-refractivity contribution in [1.82, 2.24) is 0 Å². The number of esters is 1. The van der Waals surface area contributed by atoms with E-state index in [1.54, 1.807) is 6.92 Å². The molecule has 0 radical (unpaired) electrons. The Morgan fingerprint density at radius 1 is 1.26 bits per heavy atom. The Hall–Kier alpha value is -2.74. The minimum atomic E-state index is -0.649. The molecule has 7 nitrogen and oxygen atoms in total. The minimum Gasteiger partial charge on any atom is -0.465 e. The highest BCUT2D eigenvalue weighted by molar-refractivity contribution is 7.16. The number of para-hydroxylation sites is 1. The lowest BCUT2D eigenvalue weighted by Gasteiger charge is -2.06. The van der Waals surface area contributed by atoms with Gasteiger partial charge >= 0.3 is 5.97 Å². The first-order valence-electron chi connectivity index (χ1n) is 6.59. The molecule has 2 rings (SSSR count). The maximum atomic E-state index is 12.4. The van der Waals surface area contributed by atoms with Gasteiger partial charge in [-0.1, -0.05) is 12.1 Å². The number of nitrogens with one attached hydrogen (secondary N) is 1. The molecular formula is C15H14N2O5S. The van der Waals surface area contributed by atoms with E-state index in [1.807, 2.05) is 6.92 Å². The SMILES string of the molecule is COC(=O)c1c(NC(=O)c2ccccc2[N+](=O)[O-])sc(C)c1C. The molecular weight excluding hydrogens is 320 g/mol. The number of anilines is 1. The van der Waals surface area contributed by atoms with Crippen LogP contribution in [0, 0.1) is 24.0 Å². The molecule has 0 aliphatic heterocycles. The van der Waals surface area contributed by atoms with Crippen LogP contribution in [-0.4, -0.2) is 23.9 Å². The monoisotopic (exact) mass is 334 g/mol. The first kappa shape index (κ1) is 16.6. The summed E-state index contributed by atoms with van der Waals surface area (Å²) >= 11 is 1.22. The quantitative estimate of drug-likeness (QED) is 0.525. The van der Waals surface area contributed by atoms with Crippen molar-refractivity contribution >= 4 is 33.9 Å². The Labute approximate surface area is 136 Å². The molecule has 1 N–H and O–H groups in total. The third-order valence-corrected chi connectivity index (χ3v) is 4.47. The Bertz CT molecular complexity index is 797. The molecule has 0 aliphatic rings. The second-order valence-electron chi connectivity index (χ2n) is 4.71. The summed E-state index contributed by atoms with van der Waals surface area (Å²) < 4.78 is 4.73. The molecule has 0 saturated carbocycles. The lowest BCUT2D eigenvalue weighted by Crippen LogP contribution is -2.15. The van der Waals surface area contributed by atoms with Gasteiger partial charge in [0.05, 0.1) is 17.6 Å². The second-order valence-corrected chi connectivity index (χ2v) is 5.93. The Balaban J connectivity index is 2.41. The van der Waals surface area contributed by atoms with E-state index in [4.69, 9.17) is 4.74 Å². The van der Waals surface area contributed by atoms with Crippen molar-refractivity contribution in [3.63, 3.8) is 0 Å². The van der Waals surface area contributed by atoms with Crippen LogP contribution in [0.25, 0.3) is 0 Å². The summed E-state index contributed by atoms with van der Waals surface area (Å²) in [6.45, 7) is 3.56. The molecule has 8 heteroatoms. The second kappa shape index (κ2) is 6.57. The van der Waals surface area contributed by atoms with E-state index in [9.17, 15) is 19.7 Å². The van der Waals surface area contributed by atoms with Gasteiger partial charge in [-0.15, -0.1) is 11.3 Å². The maximum absolute atomic E-state index is 12.4. The zero-order valence-corrected chi connectivity index (χ0v) is 13.5. The first-order valence-corrected chi connectivity index (χ1v) is 7.41. The van der Waals surface area contributed by atoms with Gasteiger partial charge in [0.2, 0.25) is 0 Å². The number of carbonyl (C=O) groups is 2. The fraction of sp³-hybridized carbons (Fsp3) is 0.200. The van der Waals surface area contributed by atoms with Gasteiger partial charge in [0.25, 0.3) is 11.6 Å². The van der Waals surface area contributed by atoms with Gasteiger partial charge in [-0.05, 0) is 25.5 Å². The highest BCUT2D eigenvalue weighted by Gasteiger charge is 2.24. The molecule has 23 heavy (non-hydrogen) atoms. The number of carbonyl (C=O) groups excluding carboxylic acids is 2. The molecule has 1 heterocycles. The highest BCUT2D eigenvalue weighted by atomic mass is 32.1. The largest absolute Gasteiger partial charge is 0.465 e. The van der Waals surface area contributed by atoms with Crippen LogP contribution in [0.4, 0.5) is 10.7 Å². The van der Waals surface area contributed by atoms with Crippen LogP contribution in [0.15, 0.2) is 24.3 Å². The van der Waals surface area contributed by atoms with E-state index < -0.39 is 16.8 Å². The van der Waals surface area contributed by atoms with Crippen LogP contribution in [0.2, 0.25) is 0 Å². The maximum Gasteiger partial charge on any atom is 0.341 e. The van der Waals surface area contributed by atoms with Gasteiger partial charge in [-0.25, -0.2) is 4.79 Å². The topological polar surface area (TPSA) is 98.5 Å². The van der Waals surface area contributed by atoms with Crippen molar-refractivity contribution < 1.29 is 19.2 Å². The van der Waals surface area contributed by atoms with Crippen molar-refractivity contribution in [3.8, 4) is 0 Å². The standard InChI is InChI=1S/C15H14N2O5S/c1-8-9(2)23-14(12(8)15(19)22-3)16-13(18)10-6-4-5-7-11(10)17(20)21/h4-7H,1-3H3,(H,16,18). The molecule has 0 saturated heterocycles. The van der Waals surface area contributed by atoms with E-state index in [0.29, 0.717) is 10.6 Å². The lowest BCUT2D eigenvalue weighted by molar-refractivity contribution is -0.385. The zero-order valence-electron chi connectivity index (χ0n) is 12.7. The van der Waals surface area contributed by atoms with Crippen molar-refractivity contribution in [3.05, 3.63) is 55.9 Å². The number of nitrogens with zero attached hydrogens (tertiary/aromatic N) is 1. The number of hydrogen-bond donors (Lipinski definition) is 1. The molecule has 2 aromatic rings. The van der Waals surface area contributed by atoms with E-state index in [1.165, 1.54) is 42.7 Å². The fourth-order valence-electron chi connectivity index (χ4n) is 2.06. The normalized spacial score (nSPS) is 10.2. The summed E-state index contributed by atoms with van der Waals surface area (Å²) in [6, 6.07) is 5.63. The molecule has 0 fully saturated rings. The van der Waals surface area contributed by atoms with Gasteiger partial charge in [-0.2, -0.15) is 0 Å². The van der Waals surface area contributed by atoms with Crippen molar-refractivity contribution in [2.75, 3.05) is 12.4 Å². The average Bonchev–Trinajstić information content (AvgIpc) is 2.80. The number of hydrogen-bond acceptors (Lipinski definition) is 6. The van der Waals surface area contributed by atoms with Crippen molar-refractivity contribution in [1.29, 1.82) is 0 Å². The van der Waals surface area contributed by atoms with E-state index in [-0.39, 0.29) is 16.8 Å². The zero-order chi connectivity index (χ0) is 17.1. The van der Waals surface area contributed by atoms with Crippen molar-refractivity contribution in [2.45, 2.75) is 13.8 Å². The van der Waals surface area contributed by atoms with Crippen LogP contribution >= 0.6 is 11.3 Å². The summed E-state index contributed by atoms with van der Waals surface area (Å²) in [5, 5.41) is 13.9. The number of amides is 1. The molecule has 0 spiro atoms. The van der Waals surface area contributed by atoms with Crippen molar-refractivity contribution in [2.24, 2.45) is 0 Å². The number of thiophene rings is 1. The predicted octanol–water partition coefficient (Wildman–Crippen LogP) is 3.31. The van der Waals surface area contributed by atoms with Gasteiger partial charge in [0, 0.05) is 10.9 Å². The van der Waals surface area contributed by atoms with E-state index >= 15 is 0 Å². The molecule has 0 aliphatic carbocycles. The molecule has 1 aromatic heterocycles. The van der Waals surface area contributed by atoms with Gasteiger partial charge in [0.15, 0.2) is 0 Å². The third-order valence-electron chi connectivity index (χ3n) is 3.35. The smallest absolute Gasteiger partial charge is 0.341 e. The first-order chi connectivity index (χ1) is 10.9. The van der Waals surface area contributed by atoms with E-state index in [2.05, 4.69) is 5.32 Å². The lowest BCUT2D eigenvalue weighted by atomic mass is 10.1. The third kappa shape index (κ3) is 3.21. The number of methoxy groups -OCH3 is 1. The highest BCUT2D eigenvalue weighted by Crippen LogP contribution is 2.33. The number of ether oxygens (including phenoxy) is 1. The summed E-state index contributed by atoms with van der Waals surface area (Å²) in [4.78, 5) is 35.5. The molecule has 1 amide bonds. The number of benzene rings is 1. The number of nitro benzene ring substituents is 1. The Morgan fingerprint density at radius 2 is 1.91 bits per heavy atom. The Kier molecular flexibility index (Phi) is 4.75. The minimum absolute atomic E-state index is 0.0722. The molecule has 120 valence electrons. The number of aryl methyl sites for hydroxylation is 1. The van der Waals surface area contributed by atoms with Crippen LogP contribution in [-0.2, 0) is 4.74 Å². The van der Waals surface area contributed by atoms with Crippen LogP contribution in [0.1, 0.15) is 31.2 Å². The predicted molar refractivity (Wildman–Crippen MR) is 86.2 cm³/mol.